The van der Waals surface area contributed by atoms with Gasteiger partial charge in [-0.3, -0.25) is 14.7 Å². The summed E-state index contributed by atoms with van der Waals surface area (Å²) >= 11 is 0. The Balaban J connectivity index is 1.33. The monoisotopic (exact) mass is 365 g/mol. The highest BCUT2D eigenvalue weighted by atomic mass is 16.6. The van der Waals surface area contributed by atoms with Crippen LogP contribution in [0, 0.1) is 0 Å². The fraction of sp³-hybridized carbons (Fsp3) is 0.200. The Morgan fingerprint density at radius 3 is 2.67 bits per heavy atom. The van der Waals surface area contributed by atoms with Crippen LogP contribution in [0.15, 0.2) is 65.5 Å². The lowest BCUT2D eigenvalue weighted by Gasteiger charge is -2.26. The van der Waals surface area contributed by atoms with Crippen molar-refractivity contribution < 1.29 is 14.3 Å². The maximum absolute atomic E-state index is 12.3. The molecule has 0 fully saturated rings. The van der Waals surface area contributed by atoms with Gasteiger partial charge in [0.05, 0.1) is 5.69 Å². The molecule has 1 aliphatic heterocycles. The molecule has 1 amide bonds. The summed E-state index contributed by atoms with van der Waals surface area (Å²) in [6.07, 6.45) is 0.470. The molecule has 1 aromatic heterocycles. The molecule has 138 valence electrons. The predicted octanol–water partition coefficient (Wildman–Crippen LogP) is 2.13. The maximum atomic E-state index is 12.3. The Kier molecular flexibility index (Phi) is 4.65. The second-order valence-corrected chi connectivity index (χ2v) is 6.22. The molecule has 1 atom stereocenters. The van der Waals surface area contributed by atoms with E-state index in [1.165, 1.54) is 10.7 Å². The third-order valence-corrected chi connectivity index (χ3v) is 4.30. The minimum Gasteiger partial charge on any atom is -0.486 e. The van der Waals surface area contributed by atoms with Gasteiger partial charge >= 0.3 is 0 Å². The lowest BCUT2D eigenvalue weighted by atomic mass is 10.2. The molecule has 1 aliphatic rings. The van der Waals surface area contributed by atoms with E-state index in [2.05, 4.69) is 10.4 Å². The third-order valence-electron chi connectivity index (χ3n) is 4.30. The summed E-state index contributed by atoms with van der Waals surface area (Å²) in [6, 6.07) is 17.9. The van der Waals surface area contributed by atoms with Gasteiger partial charge in [0, 0.05) is 19.0 Å². The molecule has 4 rings (SSSR count). The number of para-hydroxylation sites is 3. The second-order valence-electron chi connectivity index (χ2n) is 6.22. The van der Waals surface area contributed by atoms with Gasteiger partial charge in [-0.25, -0.2) is 4.68 Å². The van der Waals surface area contributed by atoms with E-state index in [-0.39, 0.29) is 23.3 Å². The number of nitrogens with zero attached hydrogens (tertiary/aromatic N) is 1. The average molecular weight is 365 g/mol. The van der Waals surface area contributed by atoms with Crippen LogP contribution in [0.1, 0.15) is 16.9 Å². The van der Waals surface area contributed by atoms with Gasteiger partial charge in [0.25, 0.3) is 11.5 Å². The van der Waals surface area contributed by atoms with Crippen LogP contribution < -0.4 is 20.3 Å². The van der Waals surface area contributed by atoms with Gasteiger partial charge in [-0.15, -0.1) is 0 Å². The molecule has 0 saturated heterocycles. The number of carbonyl (C=O) groups is 1. The lowest BCUT2D eigenvalue weighted by Crippen LogP contribution is -2.34. The van der Waals surface area contributed by atoms with Crippen LogP contribution in [0.3, 0.4) is 0 Å². The summed E-state index contributed by atoms with van der Waals surface area (Å²) in [6.45, 7) is 0.849. The zero-order chi connectivity index (χ0) is 18.6. The quantitative estimate of drug-likeness (QED) is 0.725. The molecule has 0 aliphatic carbocycles. The smallest absolute Gasteiger partial charge is 0.271 e. The molecule has 1 unspecified atom stereocenters. The fourth-order valence-electron chi connectivity index (χ4n) is 2.93. The number of fused-ring (bicyclic) bond motifs is 1. The van der Waals surface area contributed by atoms with Crippen LogP contribution in [0.4, 0.5) is 0 Å². The summed E-state index contributed by atoms with van der Waals surface area (Å²) in [4.78, 5) is 24.4. The van der Waals surface area contributed by atoms with Gasteiger partial charge in [-0.2, -0.15) is 0 Å². The normalized spacial score (nSPS) is 15.3. The van der Waals surface area contributed by atoms with Crippen LogP contribution in [0.2, 0.25) is 0 Å². The van der Waals surface area contributed by atoms with E-state index < -0.39 is 0 Å². The van der Waals surface area contributed by atoms with Crippen LogP contribution >= 0.6 is 0 Å². The van der Waals surface area contributed by atoms with E-state index in [1.807, 2.05) is 42.5 Å². The summed E-state index contributed by atoms with van der Waals surface area (Å²) in [5.74, 6) is 1.11. The number of aromatic nitrogens is 2. The van der Waals surface area contributed by atoms with Crippen molar-refractivity contribution in [2.24, 2.45) is 0 Å². The van der Waals surface area contributed by atoms with E-state index in [0.29, 0.717) is 31.0 Å². The fourth-order valence-corrected chi connectivity index (χ4v) is 2.93. The summed E-state index contributed by atoms with van der Waals surface area (Å²) in [7, 11) is 0. The van der Waals surface area contributed by atoms with E-state index in [4.69, 9.17) is 9.47 Å². The first-order valence-electron chi connectivity index (χ1n) is 8.75. The number of aromatic amines is 1. The van der Waals surface area contributed by atoms with Crippen LogP contribution in [0.5, 0.6) is 11.5 Å². The number of H-pyrrole nitrogens is 1. The molecular weight excluding hydrogens is 346 g/mol. The van der Waals surface area contributed by atoms with Crippen molar-refractivity contribution in [2.45, 2.75) is 12.5 Å². The average Bonchev–Trinajstić information content (AvgIpc) is 3.10. The molecule has 2 N–H and O–H groups in total. The highest BCUT2D eigenvalue weighted by Gasteiger charge is 2.20. The van der Waals surface area contributed by atoms with Crippen molar-refractivity contribution >= 4 is 5.91 Å². The molecule has 3 aromatic rings. The molecule has 27 heavy (non-hydrogen) atoms. The number of benzene rings is 2. The maximum Gasteiger partial charge on any atom is 0.271 e. The van der Waals surface area contributed by atoms with Crippen molar-refractivity contribution in [1.82, 2.24) is 15.1 Å². The first-order chi connectivity index (χ1) is 13.2. The zero-order valence-corrected chi connectivity index (χ0v) is 14.6. The minimum absolute atomic E-state index is 0.131. The number of ether oxygens (including phenoxy) is 2. The lowest BCUT2D eigenvalue weighted by molar-refractivity contribution is 0.0811. The predicted molar refractivity (Wildman–Crippen MR) is 99.7 cm³/mol. The topological polar surface area (TPSA) is 85.3 Å². The molecule has 7 nitrogen and oxygen atoms in total. The van der Waals surface area contributed by atoms with Crippen molar-refractivity contribution in [3.8, 4) is 17.2 Å². The molecule has 0 saturated carbocycles. The Labute approximate surface area is 155 Å². The van der Waals surface area contributed by atoms with Gasteiger partial charge in [0.2, 0.25) is 0 Å². The number of amides is 1. The van der Waals surface area contributed by atoms with Crippen LogP contribution in [0.25, 0.3) is 5.69 Å². The number of nitrogens with one attached hydrogen (secondary N) is 2. The highest BCUT2D eigenvalue weighted by Crippen LogP contribution is 2.31. The van der Waals surface area contributed by atoms with Crippen molar-refractivity contribution in [3.05, 3.63) is 76.7 Å². The number of hydrogen-bond donors (Lipinski definition) is 2. The highest BCUT2D eigenvalue weighted by molar-refractivity contribution is 5.92. The number of hydrogen-bond acceptors (Lipinski definition) is 4. The van der Waals surface area contributed by atoms with Crippen LogP contribution in [-0.2, 0) is 0 Å². The van der Waals surface area contributed by atoms with E-state index in [1.54, 1.807) is 12.1 Å². The van der Waals surface area contributed by atoms with Gasteiger partial charge in [-0.1, -0.05) is 30.3 Å². The molecule has 0 spiro atoms. The Hall–Kier alpha value is -3.48. The Morgan fingerprint density at radius 2 is 1.85 bits per heavy atom. The van der Waals surface area contributed by atoms with Crippen molar-refractivity contribution in [1.29, 1.82) is 0 Å². The summed E-state index contributed by atoms with van der Waals surface area (Å²) in [5.41, 5.74) is 0.606. The minimum atomic E-state index is -0.334. The third kappa shape index (κ3) is 3.72. The van der Waals surface area contributed by atoms with E-state index in [9.17, 15) is 9.59 Å². The van der Waals surface area contributed by atoms with Crippen LogP contribution in [-0.4, -0.2) is 34.9 Å². The van der Waals surface area contributed by atoms with E-state index >= 15 is 0 Å². The largest absolute Gasteiger partial charge is 0.486 e. The Morgan fingerprint density at radius 1 is 1.11 bits per heavy atom. The van der Waals surface area contributed by atoms with Gasteiger partial charge in [0.15, 0.2) is 11.5 Å². The molecule has 0 radical (unpaired) electrons. The standard InChI is InChI=1S/C20H19N3O4/c24-19-12-16(22-23(19)14-6-2-1-3-7-14)20(25)21-11-10-15-13-26-17-8-4-5-9-18(17)27-15/h1-9,12,15,22H,10-11,13H2,(H,21,25). The first-order valence-corrected chi connectivity index (χ1v) is 8.75. The molecular formula is C20H19N3O4. The Bertz CT molecular complexity index is 994. The van der Waals surface area contributed by atoms with Gasteiger partial charge < -0.3 is 14.8 Å². The number of rotatable bonds is 5. The second kappa shape index (κ2) is 7.41. The molecule has 7 heteroatoms. The van der Waals surface area contributed by atoms with Crippen molar-refractivity contribution in [2.75, 3.05) is 13.2 Å². The number of carbonyl (C=O) groups excluding carboxylic acids is 1. The first kappa shape index (κ1) is 17.0. The summed E-state index contributed by atoms with van der Waals surface area (Å²) in [5, 5.41) is 5.64. The molecule has 2 heterocycles. The van der Waals surface area contributed by atoms with Crippen molar-refractivity contribution in [3.63, 3.8) is 0 Å². The van der Waals surface area contributed by atoms with Gasteiger partial charge in [0.1, 0.15) is 18.4 Å². The van der Waals surface area contributed by atoms with Gasteiger partial charge in [-0.05, 0) is 24.3 Å². The SMILES string of the molecule is O=C(NCCC1COc2ccccc2O1)c1cc(=O)n(-c2ccccc2)[nH]1. The molecule has 0 bridgehead atoms. The van der Waals surface area contributed by atoms with E-state index in [0.717, 1.165) is 5.75 Å². The zero-order valence-electron chi connectivity index (χ0n) is 14.6. The summed E-state index contributed by atoms with van der Waals surface area (Å²) < 4.78 is 12.9. The molecule has 2 aromatic carbocycles.